The number of hydrogen-bond donors (Lipinski definition) is 4. The summed E-state index contributed by atoms with van der Waals surface area (Å²) in [5.41, 5.74) is 2.13. The van der Waals surface area contributed by atoms with Gasteiger partial charge in [0.15, 0.2) is 0 Å². The largest absolute Gasteiger partial charge is 0.491 e. The van der Waals surface area contributed by atoms with E-state index in [-0.39, 0.29) is 23.6 Å². The third kappa shape index (κ3) is 8.83. The van der Waals surface area contributed by atoms with Crippen LogP contribution >= 0.6 is 0 Å². The zero-order chi connectivity index (χ0) is 33.2. The Balaban J connectivity index is 1.51. The van der Waals surface area contributed by atoms with Crippen molar-refractivity contribution < 1.29 is 33.1 Å². The molecule has 2 heterocycles. The Kier molecular flexibility index (Phi) is 10.9. The van der Waals surface area contributed by atoms with E-state index >= 15 is 0 Å². The number of nitrogens with one attached hydrogen (secondary N) is 3. The van der Waals surface area contributed by atoms with Crippen molar-refractivity contribution in [3.05, 3.63) is 95.1 Å². The summed E-state index contributed by atoms with van der Waals surface area (Å²) in [6.45, 7) is 4.05. The number of nitriles is 1. The second-order valence-electron chi connectivity index (χ2n) is 10.3. The number of aromatic nitrogens is 4. The number of benzene rings is 2. The average Bonchev–Trinajstić information content (AvgIpc) is 3.72. The number of halogens is 1. The first kappa shape index (κ1) is 33.0. The number of amides is 3. The third-order valence-electron chi connectivity index (χ3n) is 6.56. The molecule has 0 spiro atoms. The molecule has 238 valence electrons. The van der Waals surface area contributed by atoms with Gasteiger partial charge in [0.2, 0.25) is 17.6 Å². The summed E-state index contributed by atoms with van der Waals surface area (Å²) in [7, 11) is 0. The van der Waals surface area contributed by atoms with Crippen molar-refractivity contribution in [3.63, 3.8) is 0 Å². The predicted octanol–water partition coefficient (Wildman–Crippen LogP) is 1.90. The summed E-state index contributed by atoms with van der Waals surface area (Å²) in [5, 5.41) is 34.9. The number of carbonyl (C=O) groups is 3. The van der Waals surface area contributed by atoms with Crippen LogP contribution in [0.3, 0.4) is 0 Å². The fourth-order valence-corrected chi connectivity index (χ4v) is 4.15. The highest BCUT2D eigenvalue weighted by molar-refractivity contribution is 5.97. The minimum atomic E-state index is -1.49. The van der Waals surface area contributed by atoms with E-state index in [1.165, 1.54) is 42.5 Å². The van der Waals surface area contributed by atoms with Crippen LogP contribution in [-0.4, -0.2) is 67.5 Å². The lowest BCUT2D eigenvalue weighted by molar-refractivity contribution is -0.132. The SMILES string of the molecule is Cc1ccc(CNC(=O)C(COc2cccc(C=C(C#N)n3cncn3)c2)NC(=O)[C@@H](NC(=O)c2cc(C)no2)[C@@H](C)O)c(F)c1. The predicted molar refractivity (Wildman–Crippen MR) is 161 cm³/mol. The van der Waals surface area contributed by atoms with E-state index < -0.39 is 48.3 Å². The molecule has 2 aromatic carbocycles. The van der Waals surface area contributed by atoms with E-state index in [1.54, 1.807) is 50.3 Å². The number of ether oxygens (including phenoxy) is 1. The Morgan fingerprint density at radius 1 is 1.15 bits per heavy atom. The second kappa shape index (κ2) is 15.2. The first-order valence-electron chi connectivity index (χ1n) is 14.0. The van der Waals surface area contributed by atoms with Gasteiger partial charge in [-0.05, 0) is 56.2 Å². The highest BCUT2D eigenvalue weighted by Gasteiger charge is 2.31. The van der Waals surface area contributed by atoms with Crippen LogP contribution in [0.25, 0.3) is 11.8 Å². The van der Waals surface area contributed by atoms with Crippen LogP contribution in [0.5, 0.6) is 5.75 Å². The summed E-state index contributed by atoms with van der Waals surface area (Å²) in [6.07, 6.45) is 2.84. The first-order valence-corrected chi connectivity index (χ1v) is 14.0. The maximum absolute atomic E-state index is 14.4. The van der Waals surface area contributed by atoms with Gasteiger partial charge in [0.25, 0.3) is 5.91 Å². The minimum absolute atomic E-state index is 0.175. The van der Waals surface area contributed by atoms with Crippen LogP contribution in [0, 0.1) is 31.0 Å². The Morgan fingerprint density at radius 2 is 1.96 bits per heavy atom. The van der Waals surface area contributed by atoms with Gasteiger partial charge < -0.3 is 30.3 Å². The normalized spacial score (nSPS) is 13.2. The maximum atomic E-state index is 14.4. The molecule has 0 aliphatic heterocycles. The van der Waals surface area contributed by atoms with Gasteiger partial charge in [0.05, 0.1) is 11.8 Å². The summed E-state index contributed by atoms with van der Waals surface area (Å²) in [5.74, 6) is -2.81. The zero-order valence-corrected chi connectivity index (χ0v) is 25.1. The van der Waals surface area contributed by atoms with Crippen molar-refractivity contribution in [1.82, 2.24) is 35.9 Å². The number of rotatable bonds is 13. The Hall–Kier alpha value is -5.88. The smallest absolute Gasteiger partial charge is 0.290 e. The second-order valence-corrected chi connectivity index (χ2v) is 10.3. The van der Waals surface area contributed by atoms with Crippen LogP contribution in [0.1, 0.15) is 39.9 Å². The third-order valence-corrected chi connectivity index (χ3v) is 6.56. The monoisotopic (exact) mass is 630 g/mol. The summed E-state index contributed by atoms with van der Waals surface area (Å²) >= 11 is 0. The van der Waals surface area contributed by atoms with Crippen LogP contribution < -0.4 is 20.7 Å². The topological polar surface area (TPSA) is 197 Å². The van der Waals surface area contributed by atoms with Crippen molar-refractivity contribution in [3.8, 4) is 11.8 Å². The molecule has 0 aliphatic rings. The number of carbonyl (C=O) groups excluding carboxylic acids is 3. The minimum Gasteiger partial charge on any atom is -0.491 e. The molecule has 0 saturated heterocycles. The molecule has 14 nitrogen and oxygen atoms in total. The molecule has 3 amide bonds. The van der Waals surface area contributed by atoms with Gasteiger partial charge >= 0.3 is 0 Å². The molecule has 4 rings (SSSR count). The Labute approximate surface area is 262 Å². The van der Waals surface area contributed by atoms with Gasteiger partial charge in [-0.1, -0.05) is 29.4 Å². The Bertz CT molecular complexity index is 1760. The van der Waals surface area contributed by atoms with Gasteiger partial charge in [-0.3, -0.25) is 14.4 Å². The highest BCUT2D eigenvalue weighted by atomic mass is 19.1. The molecule has 15 heteroatoms. The van der Waals surface area contributed by atoms with E-state index in [1.807, 2.05) is 6.07 Å². The average molecular weight is 631 g/mol. The molecule has 4 N–H and O–H groups in total. The molecule has 0 aliphatic carbocycles. The Morgan fingerprint density at radius 3 is 2.61 bits per heavy atom. The van der Waals surface area contributed by atoms with E-state index in [0.717, 1.165) is 0 Å². The van der Waals surface area contributed by atoms with Gasteiger partial charge in [0, 0.05) is 18.2 Å². The van der Waals surface area contributed by atoms with Gasteiger partial charge in [-0.25, -0.2) is 14.1 Å². The van der Waals surface area contributed by atoms with Crippen molar-refractivity contribution in [2.75, 3.05) is 6.61 Å². The van der Waals surface area contributed by atoms with Crippen molar-refractivity contribution >= 4 is 29.5 Å². The molecule has 0 fully saturated rings. The fraction of sp³-hybridized carbons (Fsp3) is 0.258. The van der Waals surface area contributed by atoms with Crippen molar-refractivity contribution in [2.24, 2.45) is 0 Å². The molecular weight excluding hydrogens is 599 g/mol. The van der Waals surface area contributed by atoms with Crippen molar-refractivity contribution in [1.29, 1.82) is 5.26 Å². The van der Waals surface area contributed by atoms with Gasteiger partial charge in [-0.2, -0.15) is 10.4 Å². The molecule has 46 heavy (non-hydrogen) atoms. The fourth-order valence-electron chi connectivity index (χ4n) is 4.15. The molecule has 4 aromatic rings. The molecule has 0 radical (unpaired) electrons. The lowest BCUT2D eigenvalue weighted by Gasteiger charge is -2.24. The summed E-state index contributed by atoms with van der Waals surface area (Å²) in [6, 6.07) is 11.7. The first-order chi connectivity index (χ1) is 22.0. The molecule has 1 unspecified atom stereocenters. The number of aliphatic hydroxyl groups excluding tert-OH is 1. The number of hydrogen-bond acceptors (Lipinski definition) is 10. The highest BCUT2D eigenvalue weighted by Crippen LogP contribution is 2.18. The summed E-state index contributed by atoms with van der Waals surface area (Å²) in [4.78, 5) is 43.1. The number of aliphatic hydroxyl groups is 1. The standard InChI is InChI=1S/C31H31FN8O6/c1-18-7-8-22(25(32)9-18)14-35-29(42)26(37-31(44)28(20(3)41)38-30(43)27-10-19(2)39-46-27)15-45-24-6-4-5-21(12-24)11-23(13-33)40-17-34-16-36-40/h4-12,16-17,20,26,28,41H,14-15H2,1-3H3,(H,35,42)(H,37,44)(H,38,43)/t20-,26?,28+/m1/s1. The number of nitrogens with zero attached hydrogens (tertiary/aromatic N) is 5. The number of allylic oxidation sites excluding steroid dienone is 1. The van der Waals surface area contributed by atoms with E-state index in [4.69, 9.17) is 9.26 Å². The quantitative estimate of drug-likeness (QED) is 0.158. The van der Waals surface area contributed by atoms with Crippen molar-refractivity contribution in [2.45, 2.75) is 45.5 Å². The van der Waals surface area contributed by atoms with Crippen LogP contribution in [-0.2, 0) is 16.1 Å². The molecule has 0 bridgehead atoms. The van der Waals surface area contributed by atoms with E-state index in [2.05, 4.69) is 31.2 Å². The van der Waals surface area contributed by atoms with Gasteiger partial charge in [-0.15, -0.1) is 0 Å². The zero-order valence-electron chi connectivity index (χ0n) is 25.1. The molecule has 0 saturated carbocycles. The van der Waals surface area contributed by atoms with Crippen LogP contribution in [0.2, 0.25) is 0 Å². The molecule has 2 aromatic heterocycles. The van der Waals surface area contributed by atoms with Gasteiger partial charge in [0.1, 0.15) is 54.7 Å². The maximum Gasteiger partial charge on any atom is 0.290 e. The molecular formula is C31H31FN8O6. The van der Waals surface area contributed by atoms with Crippen LogP contribution in [0.15, 0.2) is 65.7 Å². The molecule has 3 atom stereocenters. The lowest BCUT2D eigenvalue weighted by atomic mass is 10.1. The summed E-state index contributed by atoms with van der Waals surface area (Å²) < 4.78 is 26.5. The van der Waals surface area contributed by atoms with E-state index in [0.29, 0.717) is 22.6 Å². The lowest BCUT2D eigenvalue weighted by Crippen LogP contribution is -2.58. The van der Waals surface area contributed by atoms with E-state index in [9.17, 15) is 29.1 Å². The number of aryl methyl sites for hydroxylation is 2. The van der Waals surface area contributed by atoms with Crippen LogP contribution in [0.4, 0.5) is 4.39 Å².